The van der Waals surface area contributed by atoms with E-state index in [2.05, 4.69) is 10.6 Å². The molecule has 0 heterocycles. The molecule has 0 radical (unpaired) electrons. The number of carbonyl (C=O) groups is 2. The molecule has 132 valence electrons. The monoisotopic (exact) mass is 346 g/mol. The largest absolute Gasteiger partial charge is 0.497 e. The topological polar surface area (TPSA) is 76.7 Å². The Bertz CT molecular complexity index is 742. The van der Waals surface area contributed by atoms with Crippen LogP contribution in [0.2, 0.25) is 0 Å². The quantitative estimate of drug-likeness (QED) is 0.803. The molecule has 2 aromatic rings. The highest BCUT2D eigenvalue weighted by Crippen LogP contribution is 2.22. The first-order chi connectivity index (χ1) is 12.0. The van der Waals surface area contributed by atoms with Gasteiger partial charge in [-0.1, -0.05) is 18.2 Å². The van der Waals surface area contributed by atoms with Crippen molar-refractivity contribution in [2.24, 2.45) is 0 Å². The van der Waals surface area contributed by atoms with Crippen molar-refractivity contribution in [3.63, 3.8) is 0 Å². The fourth-order valence-corrected chi connectivity index (χ4v) is 2.10. The number of hydrogen-bond donors (Lipinski definition) is 2. The molecule has 2 aromatic carbocycles. The van der Waals surface area contributed by atoms with E-state index in [4.69, 9.17) is 9.47 Å². The van der Waals surface area contributed by atoms with Gasteiger partial charge in [0.15, 0.2) is 0 Å². The Kier molecular flexibility index (Phi) is 6.33. The Balaban J connectivity index is 1.89. The summed E-state index contributed by atoms with van der Waals surface area (Å²) < 4.78 is 23.7. The molecule has 0 saturated heterocycles. The van der Waals surface area contributed by atoms with Crippen molar-refractivity contribution < 1.29 is 23.5 Å². The van der Waals surface area contributed by atoms with Crippen molar-refractivity contribution in [1.29, 1.82) is 0 Å². The molecule has 0 aromatic heterocycles. The number of benzene rings is 2. The van der Waals surface area contributed by atoms with Gasteiger partial charge in [-0.15, -0.1) is 0 Å². The fraction of sp³-hybridized carbons (Fsp3) is 0.222. The van der Waals surface area contributed by atoms with E-state index >= 15 is 0 Å². The number of methoxy groups -OCH3 is 2. The van der Waals surface area contributed by atoms with E-state index in [-0.39, 0.29) is 13.1 Å². The van der Waals surface area contributed by atoms with Crippen LogP contribution in [0.1, 0.15) is 15.9 Å². The Labute approximate surface area is 144 Å². The molecular weight excluding hydrogens is 327 g/mol. The maximum atomic E-state index is 13.5. The van der Waals surface area contributed by atoms with Gasteiger partial charge in [-0.2, -0.15) is 0 Å². The van der Waals surface area contributed by atoms with E-state index in [1.54, 1.807) is 24.3 Å². The second-order valence-corrected chi connectivity index (χ2v) is 5.15. The van der Waals surface area contributed by atoms with Gasteiger partial charge >= 0.3 is 0 Å². The van der Waals surface area contributed by atoms with E-state index in [1.807, 2.05) is 0 Å². The summed E-state index contributed by atoms with van der Waals surface area (Å²) in [7, 11) is 2.96. The van der Waals surface area contributed by atoms with Crippen LogP contribution in [0.4, 0.5) is 4.39 Å². The first kappa shape index (κ1) is 18.3. The summed E-state index contributed by atoms with van der Waals surface area (Å²) in [5.74, 6) is -0.331. The molecule has 0 unspecified atom stereocenters. The number of ether oxygens (including phenoxy) is 2. The lowest BCUT2D eigenvalue weighted by atomic mass is 10.2. The lowest BCUT2D eigenvalue weighted by Crippen LogP contribution is -2.36. The third-order valence-electron chi connectivity index (χ3n) is 3.46. The van der Waals surface area contributed by atoms with Gasteiger partial charge in [0.2, 0.25) is 5.91 Å². The molecule has 0 aliphatic heterocycles. The number of rotatable bonds is 7. The summed E-state index contributed by atoms with van der Waals surface area (Å²) >= 11 is 0. The second kappa shape index (κ2) is 8.68. The van der Waals surface area contributed by atoms with Gasteiger partial charge < -0.3 is 20.1 Å². The number of halogens is 1. The third-order valence-corrected chi connectivity index (χ3v) is 3.46. The molecule has 0 spiro atoms. The Morgan fingerprint density at radius 3 is 2.24 bits per heavy atom. The first-order valence-corrected chi connectivity index (χ1v) is 7.55. The van der Waals surface area contributed by atoms with Gasteiger partial charge in [0.1, 0.15) is 17.3 Å². The van der Waals surface area contributed by atoms with Crippen LogP contribution >= 0.6 is 0 Å². The maximum absolute atomic E-state index is 13.5. The average molecular weight is 346 g/mol. The van der Waals surface area contributed by atoms with Gasteiger partial charge in [-0.3, -0.25) is 9.59 Å². The Hall–Kier alpha value is -3.09. The molecule has 0 fully saturated rings. The van der Waals surface area contributed by atoms with E-state index in [9.17, 15) is 14.0 Å². The number of carbonyl (C=O) groups excluding carboxylic acids is 2. The third kappa shape index (κ3) is 5.20. The van der Waals surface area contributed by atoms with Crippen LogP contribution in [0.5, 0.6) is 11.5 Å². The molecule has 0 bridgehead atoms. The van der Waals surface area contributed by atoms with Crippen molar-refractivity contribution in [3.05, 3.63) is 59.4 Å². The summed E-state index contributed by atoms with van der Waals surface area (Å²) in [5.41, 5.74) is 0.679. The lowest BCUT2D eigenvalue weighted by Gasteiger charge is -2.10. The van der Waals surface area contributed by atoms with Crippen LogP contribution in [0, 0.1) is 5.82 Å². The van der Waals surface area contributed by atoms with Crippen LogP contribution in [0.25, 0.3) is 0 Å². The number of hydrogen-bond acceptors (Lipinski definition) is 4. The van der Waals surface area contributed by atoms with E-state index in [0.717, 1.165) is 0 Å². The normalized spacial score (nSPS) is 10.0. The molecule has 2 amide bonds. The minimum atomic E-state index is -0.446. The zero-order chi connectivity index (χ0) is 18.2. The van der Waals surface area contributed by atoms with Crippen molar-refractivity contribution in [3.8, 4) is 11.5 Å². The van der Waals surface area contributed by atoms with Gasteiger partial charge in [-0.25, -0.2) is 4.39 Å². The van der Waals surface area contributed by atoms with Crippen LogP contribution in [0.15, 0.2) is 42.5 Å². The van der Waals surface area contributed by atoms with Crippen LogP contribution in [-0.2, 0) is 11.3 Å². The number of amides is 2. The van der Waals surface area contributed by atoms with Gasteiger partial charge in [0.25, 0.3) is 5.91 Å². The highest BCUT2D eigenvalue weighted by atomic mass is 19.1. The standard InChI is InChI=1S/C18H19FN2O4/c1-24-14-7-13(8-15(9-14)25-2)18(23)21-11-17(22)20-10-12-5-3-4-6-16(12)19/h3-9H,10-11H2,1-2H3,(H,20,22)(H,21,23). The molecule has 6 nitrogen and oxygen atoms in total. The first-order valence-electron chi connectivity index (χ1n) is 7.55. The van der Waals surface area contributed by atoms with Crippen LogP contribution < -0.4 is 20.1 Å². The average Bonchev–Trinajstić information content (AvgIpc) is 2.64. The fourth-order valence-electron chi connectivity index (χ4n) is 2.10. The van der Waals surface area contributed by atoms with E-state index < -0.39 is 17.6 Å². The van der Waals surface area contributed by atoms with Crippen molar-refractivity contribution in [1.82, 2.24) is 10.6 Å². The molecule has 0 saturated carbocycles. The summed E-state index contributed by atoms with van der Waals surface area (Å²) in [4.78, 5) is 24.0. The number of nitrogens with one attached hydrogen (secondary N) is 2. The molecule has 0 aliphatic rings. The minimum Gasteiger partial charge on any atom is -0.497 e. The van der Waals surface area contributed by atoms with Gasteiger partial charge in [0.05, 0.1) is 20.8 Å². The van der Waals surface area contributed by atoms with Crippen molar-refractivity contribution >= 4 is 11.8 Å². The summed E-state index contributed by atoms with van der Waals surface area (Å²) in [6, 6.07) is 10.9. The predicted molar refractivity (Wildman–Crippen MR) is 90.1 cm³/mol. The maximum Gasteiger partial charge on any atom is 0.251 e. The summed E-state index contributed by atoms with van der Waals surface area (Å²) in [5, 5.41) is 5.05. The second-order valence-electron chi connectivity index (χ2n) is 5.15. The smallest absolute Gasteiger partial charge is 0.251 e. The molecular formula is C18H19FN2O4. The molecule has 2 rings (SSSR count). The van der Waals surface area contributed by atoms with Gasteiger partial charge in [0, 0.05) is 23.7 Å². The van der Waals surface area contributed by atoms with E-state index in [1.165, 1.54) is 32.4 Å². The molecule has 7 heteroatoms. The highest BCUT2D eigenvalue weighted by molar-refractivity contribution is 5.97. The van der Waals surface area contributed by atoms with E-state index in [0.29, 0.717) is 22.6 Å². The van der Waals surface area contributed by atoms with Crippen LogP contribution in [-0.4, -0.2) is 32.6 Å². The Morgan fingerprint density at radius 1 is 1.00 bits per heavy atom. The van der Waals surface area contributed by atoms with Crippen molar-refractivity contribution in [2.75, 3.05) is 20.8 Å². The SMILES string of the molecule is COc1cc(OC)cc(C(=O)NCC(=O)NCc2ccccc2F)c1. The zero-order valence-corrected chi connectivity index (χ0v) is 14.0. The predicted octanol–water partition coefficient (Wildman–Crippen LogP) is 1.89. The Morgan fingerprint density at radius 2 is 1.64 bits per heavy atom. The van der Waals surface area contributed by atoms with Crippen molar-refractivity contribution in [2.45, 2.75) is 6.54 Å². The lowest BCUT2D eigenvalue weighted by molar-refractivity contribution is -0.120. The zero-order valence-electron chi connectivity index (χ0n) is 14.0. The summed E-state index contributed by atoms with van der Waals surface area (Å²) in [6.07, 6.45) is 0. The molecule has 25 heavy (non-hydrogen) atoms. The molecule has 0 aliphatic carbocycles. The minimum absolute atomic E-state index is 0.0500. The summed E-state index contributed by atoms with van der Waals surface area (Å²) in [6.45, 7) is -0.179. The highest BCUT2D eigenvalue weighted by Gasteiger charge is 2.11. The molecule has 0 atom stereocenters. The molecule has 2 N–H and O–H groups in total. The van der Waals surface area contributed by atoms with Gasteiger partial charge in [-0.05, 0) is 18.2 Å². The van der Waals surface area contributed by atoms with Crippen LogP contribution in [0.3, 0.4) is 0 Å².